The molecule has 1 aliphatic carbocycles. The number of anilines is 1. The second kappa shape index (κ2) is 8.10. The number of methoxy groups -OCH3 is 1. The third-order valence-corrected chi connectivity index (χ3v) is 5.75. The number of carbonyl (C=O) groups excluding carboxylic acids is 2. The highest BCUT2D eigenvalue weighted by Gasteiger charge is 2.28. The minimum absolute atomic E-state index is 0.316. The summed E-state index contributed by atoms with van der Waals surface area (Å²) in [5.74, 6) is -0.176. The van der Waals surface area contributed by atoms with Crippen molar-refractivity contribution in [1.82, 2.24) is 0 Å². The van der Waals surface area contributed by atoms with Gasteiger partial charge < -0.3 is 14.8 Å². The highest BCUT2D eigenvalue weighted by atomic mass is 35.5. The molecular weight excluding hydrogens is 374 g/mol. The van der Waals surface area contributed by atoms with Gasteiger partial charge in [-0.3, -0.25) is 4.79 Å². The molecule has 1 aliphatic rings. The number of halogens is 1. The molecule has 0 radical (unpaired) electrons. The van der Waals surface area contributed by atoms with E-state index in [2.05, 4.69) is 5.32 Å². The summed E-state index contributed by atoms with van der Waals surface area (Å²) in [4.78, 5) is 25.9. The topological polar surface area (TPSA) is 64.6 Å². The third kappa shape index (κ3) is 4.02. The molecule has 0 bridgehead atoms. The zero-order valence-corrected chi connectivity index (χ0v) is 16.2. The molecule has 0 unspecified atom stereocenters. The lowest BCUT2D eigenvalue weighted by Crippen LogP contribution is -2.30. The van der Waals surface area contributed by atoms with Gasteiger partial charge in [-0.05, 0) is 62.4 Å². The van der Waals surface area contributed by atoms with Gasteiger partial charge in [0.1, 0.15) is 10.8 Å². The van der Waals surface area contributed by atoms with Crippen molar-refractivity contribution in [3.8, 4) is 5.75 Å². The van der Waals surface area contributed by atoms with E-state index in [1.807, 2.05) is 0 Å². The molecule has 138 valence electrons. The van der Waals surface area contributed by atoms with Crippen molar-refractivity contribution >= 4 is 39.8 Å². The minimum atomic E-state index is -0.721. The molecule has 3 rings (SSSR count). The van der Waals surface area contributed by atoms with Crippen molar-refractivity contribution in [2.75, 3.05) is 12.4 Å². The number of hydrogen-bond donors (Lipinski definition) is 1. The molecule has 1 atom stereocenters. The molecule has 0 spiro atoms. The molecule has 0 aliphatic heterocycles. The van der Waals surface area contributed by atoms with Crippen LogP contribution in [0.15, 0.2) is 24.3 Å². The second-order valence-corrected chi connectivity index (χ2v) is 7.65. The van der Waals surface area contributed by atoms with Gasteiger partial charge in [0, 0.05) is 9.90 Å². The summed E-state index contributed by atoms with van der Waals surface area (Å²) < 4.78 is 10.6. The van der Waals surface area contributed by atoms with E-state index in [0.29, 0.717) is 21.3 Å². The molecule has 0 saturated carbocycles. The third-order valence-electron chi connectivity index (χ3n) is 4.29. The number of thiophene rings is 1. The fourth-order valence-electron chi connectivity index (χ4n) is 2.96. The van der Waals surface area contributed by atoms with Gasteiger partial charge in [-0.25, -0.2) is 4.79 Å². The maximum absolute atomic E-state index is 12.6. The molecule has 5 nitrogen and oxygen atoms in total. The van der Waals surface area contributed by atoms with Gasteiger partial charge in [-0.1, -0.05) is 11.6 Å². The Hall–Kier alpha value is -2.05. The van der Waals surface area contributed by atoms with Gasteiger partial charge in [-0.2, -0.15) is 0 Å². The highest BCUT2D eigenvalue weighted by molar-refractivity contribution is 7.17. The number of esters is 1. The summed E-state index contributed by atoms with van der Waals surface area (Å²) in [5, 5.41) is 3.98. The SMILES string of the molecule is COC(=O)c1c(NC(=O)[C@H](C)Oc2ccc(Cl)cc2)sc2c1CCCC2. The normalized spacial score (nSPS) is 14.3. The van der Waals surface area contributed by atoms with Crippen LogP contribution in [0.5, 0.6) is 5.75 Å². The number of aryl methyl sites for hydroxylation is 1. The second-order valence-electron chi connectivity index (χ2n) is 6.11. The van der Waals surface area contributed by atoms with E-state index in [-0.39, 0.29) is 5.91 Å². The first kappa shape index (κ1) is 18.7. The average molecular weight is 394 g/mol. The Kier molecular flexibility index (Phi) is 5.84. The molecule has 1 aromatic heterocycles. The van der Waals surface area contributed by atoms with E-state index < -0.39 is 12.1 Å². The van der Waals surface area contributed by atoms with Crippen LogP contribution in [-0.4, -0.2) is 25.1 Å². The number of benzene rings is 1. The zero-order chi connectivity index (χ0) is 18.7. The summed E-state index contributed by atoms with van der Waals surface area (Å²) >= 11 is 7.31. The smallest absolute Gasteiger partial charge is 0.341 e. The molecule has 0 fully saturated rings. The summed E-state index contributed by atoms with van der Waals surface area (Å²) in [6.45, 7) is 1.66. The number of carbonyl (C=O) groups is 2. The summed E-state index contributed by atoms with van der Waals surface area (Å²) in [7, 11) is 1.35. The Morgan fingerprint density at radius 3 is 2.58 bits per heavy atom. The Balaban J connectivity index is 1.77. The van der Waals surface area contributed by atoms with Crippen molar-refractivity contribution in [3.05, 3.63) is 45.3 Å². The standard InChI is InChI=1S/C19H20ClNO4S/c1-11(25-13-9-7-12(20)8-10-13)17(22)21-18-16(19(23)24-2)14-5-3-4-6-15(14)26-18/h7-11H,3-6H2,1-2H3,(H,21,22)/t11-/m0/s1. The molecule has 0 saturated heterocycles. The maximum atomic E-state index is 12.6. The summed E-state index contributed by atoms with van der Waals surface area (Å²) in [6.07, 6.45) is 3.18. The van der Waals surface area contributed by atoms with Crippen molar-refractivity contribution in [3.63, 3.8) is 0 Å². The number of nitrogens with one attached hydrogen (secondary N) is 1. The van der Waals surface area contributed by atoms with E-state index in [1.54, 1.807) is 31.2 Å². The van der Waals surface area contributed by atoms with Crippen molar-refractivity contribution in [2.24, 2.45) is 0 Å². The molecule has 1 N–H and O–H groups in total. The van der Waals surface area contributed by atoms with Gasteiger partial charge in [0.15, 0.2) is 6.10 Å². The predicted molar refractivity (Wildman–Crippen MR) is 102 cm³/mol. The van der Waals surface area contributed by atoms with E-state index >= 15 is 0 Å². The number of ether oxygens (including phenoxy) is 2. The van der Waals surface area contributed by atoms with Crippen LogP contribution in [0.3, 0.4) is 0 Å². The molecule has 7 heteroatoms. The zero-order valence-electron chi connectivity index (χ0n) is 14.6. The molecule has 1 aromatic carbocycles. The fourth-order valence-corrected chi connectivity index (χ4v) is 4.36. The predicted octanol–water partition coefficient (Wildman–Crippen LogP) is 4.47. The number of hydrogen-bond acceptors (Lipinski definition) is 5. The molecule has 1 heterocycles. The van der Waals surface area contributed by atoms with E-state index in [9.17, 15) is 9.59 Å². The van der Waals surface area contributed by atoms with Crippen LogP contribution in [0.2, 0.25) is 5.02 Å². The Morgan fingerprint density at radius 2 is 1.88 bits per heavy atom. The van der Waals surface area contributed by atoms with Crippen LogP contribution in [0.4, 0.5) is 5.00 Å². The molecule has 2 aromatic rings. The first-order chi connectivity index (χ1) is 12.5. The largest absolute Gasteiger partial charge is 0.481 e. The first-order valence-corrected chi connectivity index (χ1v) is 9.65. The van der Waals surface area contributed by atoms with Crippen LogP contribution in [0, 0.1) is 0 Å². The van der Waals surface area contributed by atoms with Crippen LogP contribution in [0.25, 0.3) is 0 Å². The van der Waals surface area contributed by atoms with E-state index in [1.165, 1.54) is 18.4 Å². The van der Waals surface area contributed by atoms with E-state index in [4.69, 9.17) is 21.1 Å². The van der Waals surface area contributed by atoms with Crippen molar-refractivity contribution in [1.29, 1.82) is 0 Å². The van der Waals surface area contributed by atoms with Gasteiger partial charge >= 0.3 is 5.97 Å². The molecule has 26 heavy (non-hydrogen) atoms. The van der Waals surface area contributed by atoms with Gasteiger partial charge in [-0.15, -0.1) is 11.3 Å². The van der Waals surface area contributed by atoms with Crippen LogP contribution in [-0.2, 0) is 22.4 Å². The average Bonchev–Trinajstić information content (AvgIpc) is 3.00. The van der Waals surface area contributed by atoms with Crippen LogP contribution < -0.4 is 10.1 Å². The number of rotatable bonds is 5. The first-order valence-electron chi connectivity index (χ1n) is 8.45. The number of fused-ring (bicyclic) bond motifs is 1. The van der Waals surface area contributed by atoms with Gasteiger partial charge in [0.25, 0.3) is 5.91 Å². The van der Waals surface area contributed by atoms with Crippen LogP contribution in [0.1, 0.15) is 40.6 Å². The Bertz CT molecular complexity index is 816. The van der Waals surface area contributed by atoms with Crippen molar-refractivity contribution < 1.29 is 19.1 Å². The highest BCUT2D eigenvalue weighted by Crippen LogP contribution is 2.38. The molecule has 1 amide bonds. The monoisotopic (exact) mass is 393 g/mol. The Labute approximate surface area is 161 Å². The van der Waals surface area contributed by atoms with Crippen molar-refractivity contribution in [2.45, 2.75) is 38.7 Å². The minimum Gasteiger partial charge on any atom is -0.481 e. The van der Waals surface area contributed by atoms with E-state index in [0.717, 1.165) is 36.1 Å². The lowest BCUT2D eigenvalue weighted by atomic mass is 9.95. The molecular formula is C19H20ClNO4S. The quantitative estimate of drug-likeness (QED) is 0.761. The lowest BCUT2D eigenvalue weighted by Gasteiger charge is -2.15. The lowest BCUT2D eigenvalue weighted by molar-refractivity contribution is -0.122. The van der Waals surface area contributed by atoms with Gasteiger partial charge in [0.2, 0.25) is 0 Å². The maximum Gasteiger partial charge on any atom is 0.341 e. The summed E-state index contributed by atoms with van der Waals surface area (Å²) in [5.41, 5.74) is 1.49. The summed E-state index contributed by atoms with van der Waals surface area (Å²) in [6, 6.07) is 6.81. The van der Waals surface area contributed by atoms with Gasteiger partial charge in [0.05, 0.1) is 12.7 Å². The van der Waals surface area contributed by atoms with Crippen LogP contribution >= 0.6 is 22.9 Å². The fraction of sp³-hybridized carbons (Fsp3) is 0.368. The number of amides is 1. The Morgan fingerprint density at radius 1 is 1.19 bits per heavy atom.